The van der Waals surface area contributed by atoms with E-state index in [1.807, 2.05) is 30.3 Å². The summed E-state index contributed by atoms with van der Waals surface area (Å²) in [5.74, 6) is -1.38. The molecule has 41 heavy (non-hydrogen) atoms. The molecule has 1 aliphatic carbocycles. The van der Waals surface area contributed by atoms with E-state index in [2.05, 4.69) is 5.32 Å². The highest BCUT2D eigenvalue weighted by Crippen LogP contribution is 2.28. The molecule has 0 bridgehead atoms. The van der Waals surface area contributed by atoms with Crippen LogP contribution in [0.3, 0.4) is 0 Å². The maximum atomic E-state index is 14.1. The summed E-state index contributed by atoms with van der Waals surface area (Å²) in [5.41, 5.74) is 1.54. The number of amides is 2. The summed E-state index contributed by atoms with van der Waals surface area (Å²) in [6, 6.07) is 18.2. The van der Waals surface area contributed by atoms with E-state index < -0.39 is 34.3 Å². The van der Waals surface area contributed by atoms with Gasteiger partial charge in [-0.2, -0.15) is 0 Å². The van der Waals surface area contributed by atoms with Gasteiger partial charge in [0.15, 0.2) is 0 Å². The van der Waals surface area contributed by atoms with Gasteiger partial charge in [-0.15, -0.1) is 0 Å². The third-order valence-corrected chi connectivity index (χ3v) is 8.63. The van der Waals surface area contributed by atoms with Gasteiger partial charge in [0, 0.05) is 29.1 Å². The fourth-order valence-electron chi connectivity index (χ4n) is 5.00. The highest BCUT2D eigenvalue weighted by Gasteiger charge is 2.34. The lowest BCUT2D eigenvalue weighted by atomic mass is 10.0. The molecule has 0 radical (unpaired) electrons. The Morgan fingerprint density at radius 1 is 0.951 bits per heavy atom. The van der Waals surface area contributed by atoms with Crippen molar-refractivity contribution in [3.05, 3.63) is 99.8 Å². The first-order chi connectivity index (χ1) is 19.5. The number of sulfonamides is 1. The van der Waals surface area contributed by atoms with Crippen LogP contribution in [0.1, 0.15) is 36.8 Å². The van der Waals surface area contributed by atoms with Crippen molar-refractivity contribution in [2.45, 2.75) is 50.7 Å². The molecule has 0 spiro atoms. The number of halogens is 3. The first-order valence-corrected chi connectivity index (χ1v) is 15.9. The second-order valence-electron chi connectivity index (χ2n) is 10.2. The zero-order valence-corrected chi connectivity index (χ0v) is 24.9. The van der Waals surface area contributed by atoms with Crippen molar-refractivity contribution in [3.8, 4) is 0 Å². The van der Waals surface area contributed by atoms with E-state index in [0.717, 1.165) is 41.8 Å². The molecule has 0 heterocycles. The number of nitrogens with one attached hydrogen (secondary N) is 1. The highest BCUT2D eigenvalue weighted by molar-refractivity contribution is 7.92. The van der Waals surface area contributed by atoms with Crippen molar-refractivity contribution in [1.29, 1.82) is 0 Å². The second kappa shape index (κ2) is 13.7. The van der Waals surface area contributed by atoms with E-state index in [1.54, 1.807) is 0 Å². The van der Waals surface area contributed by atoms with Crippen LogP contribution in [-0.4, -0.2) is 50.0 Å². The van der Waals surface area contributed by atoms with Crippen LogP contribution < -0.4 is 9.62 Å². The molecule has 0 aromatic heterocycles. The van der Waals surface area contributed by atoms with Gasteiger partial charge in [-0.25, -0.2) is 12.8 Å². The summed E-state index contributed by atoms with van der Waals surface area (Å²) < 4.78 is 40.4. The number of rotatable bonds is 11. The fourth-order valence-corrected chi connectivity index (χ4v) is 6.35. The third-order valence-electron chi connectivity index (χ3n) is 7.05. The van der Waals surface area contributed by atoms with Gasteiger partial charge < -0.3 is 10.2 Å². The van der Waals surface area contributed by atoms with Gasteiger partial charge in [0.05, 0.1) is 11.9 Å². The van der Waals surface area contributed by atoms with Crippen molar-refractivity contribution in [2.24, 2.45) is 0 Å². The van der Waals surface area contributed by atoms with Gasteiger partial charge in [0.25, 0.3) is 0 Å². The Labute approximate surface area is 250 Å². The zero-order chi connectivity index (χ0) is 29.6. The van der Waals surface area contributed by atoms with Gasteiger partial charge in [-0.05, 0) is 54.3 Å². The number of carbonyl (C=O) groups is 2. The molecule has 3 aromatic carbocycles. The van der Waals surface area contributed by atoms with Crippen LogP contribution in [0.4, 0.5) is 10.1 Å². The molecule has 2 amide bonds. The van der Waals surface area contributed by atoms with Gasteiger partial charge in [-0.3, -0.25) is 13.9 Å². The maximum Gasteiger partial charge on any atom is 0.244 e. The topological polar surface area (TPSA) is 86.8 Å². The molecule has 1 fully saturated rings. The standard InChI is InChI=1S/C30H32Cl2FN3O4S/c1-41(39,40)36(27-17-23(31)16-24(32)18-27)20-29(37)35(19-22-11-13-25(33)14-12-22)28(15-21-7-3-2-4-8-21)30(38)34-26-9-5-6-10-26/h2-4,7-8,11-14,16-18,26,28H,5-6,9-10,15,19-20H2,1H3,(H,34,38)/t28-/m1/s1. The van der Waals surface area contributed by atoms with E-state index >= 15 is 0 Å². The number of benzene rings is 3. The normalized spacial score (nSPS) is 14.4. The first kappa shape index (κ1) is 30.8. The predicted molar refractivity (Wildman–Crippen MR) is 160 cm³/mol. The quantitative estimate of drug-likeness (QED) is 0.303. The van der Waals surface area contributed by atoms with Crippen LogP contribution in [0.15, 0.2) is 72.8 Å². The van der Waals surface area contributed by atoms with E-state index in [4.69, 9.17) is 23.2 Å². The molecular weight excluding hydrogens is 588 g/mol. The SMILES string of the molecule is CS(=O)(=O)N(CC(=O)N(Cc1ccc(F)cc1)[C@H](Cc1ccccc1)C(=O)NC1CCCC1)c1cc(Cl)cc(Cl)c1. The van der Waals surface area contributed by atoms with Crippen molar-refractivity contribution in [3.63, 3.8) is 0 Å². The number of anilines is 1. The number of nitrogens with zero attached hydrogens (tertiary/aromatic N) is 2. The zero-order valence-electron chi connectivity index (χ0n) is 22.6. The Kier molecular flexibility index (Phi) is 10.3. The Bertz CT molecular complexity index is 1450. The van der Waals surface area contributed by atoms with Gasteiger partial charge in [0.1, 0.15) is 18.4 Å². The van der Waals surface area contributed by atoms with Gasteiger partial charge >= 0.3 is 0 Å². The molecule has 1 aliphatic rings. The van der Waals surface area contributed by atoms with Crippen molar-refractivity contribution in [2.75, 3.05) is 17.1 Å². The number of carbonyl (C=O) groups excluding carboxylic acids is 2. The lowest BCUT2D eigenvalue weighted by Crippen LogP contribution is -2.54. The molecule has 218 valence electrons. The lowest BCUT2D eigenvalue weighted by Gasteiger charge is -2.34. The Hall–Kier alpha value is -3.14. The lowest BCUT2D eigenvalue weighted by molar-refractivity contribution is -0.140. The summed E-state index contributed by atoms with van der Waals surface area (Å²) in [4.78, 5) is 29.3. The average Bonchev–Trinajstić information content (AvgIpc) is 3.42. The summed E-state index contributed by atoms with van der Waals surface area (Å²) in [5, 5.41) is 3.51. The molecule has 7 nitrogen and oxygen atoms in total. The van der Waals surface area contributed by atoms with Crippen LogP contribution in [0.25, 0.3) is 0 Å². The summed E-state index contributed by atoms with van der Waals surface area (Å²) in [6.07, 6.45) is 4.91. The molecule has 1 N–H and O–H groups in total. The molecule has 3 aromatic rings. The number of hydrogen-bond donors (Lipinski definition) is 1. The van der Waals surface area contributed by atoms with Gasteiger partial charge in [-0.1, -0.05) is 78.5 Å². The van der Waals surface area contributed by atoms with E-state index in [0.29, 0.717) is 5.56 Å². The molecule has 0 saturated heterocycles. The number of hydrogen-bond acceptors (Lipinski definition) is 4. The van der Waals surface area contributed by atoms with Crippen LogP contribution in [0.5, 0.6) is 0 Å². The van der Waals surface area contributed by atoms with E-state index in [1.165, 1.54) is 47.4 Å². The maximum absolute atomic E-state index is 14.1. The van der Waals surface area contributed by atoms with Crippen LogP contribution in [-0.2, 0) is 32.6 Å². The average molecular weight is 621 g/mol. The van der Waals surface area contributed by atoms with Crippen LogP contribution in [0, 0.1) is 5.82 Å². The van der Waals surface area contributed by atoms with E-state index in [-0.39, 0.29) is 40.6 Å². The smallest absolute Gasteiger partial charge is 0.244 e. The molecule has 4 rings (SSSR count). The fraction of sp³-hybridized carbons (Fsp3) is 0.333. The molecule has 1 atom stereocenters. The van der Waals surface area contributed by atoms with Crippen molar-refractivity contribution < 1.29 is 22.4 Å². The van der Waals surface area contributed by atoms with Gasteiger partial charge in [0.2, 0.25) is 21.8 Å². The Morgan fingerprint density at radius 3 is 2.15 bits per heavy atom. The minimum atomic E-state index is -3.96. The molecule has 0 unspecified atom stereocenters. The summed E-state index contributed by atoms with van der Waals surface area (Å²) in [6.45, 7) is -0.638. The minimum absolute atomic E-state index is 0.00432. The van der Waals surface area contributed by atoms with E-state index in [9.17, 15) is 22.4 Å². The second-order valence-corrected chi connectivity index (χ2v) is 13.0. The monoisotopic (exact) mass is 619 g/mol. The van der Waals surface area contributed by atoms with Crippen molar-refractivity contribution >= 4 is 50.7 Å². The van der Waals surface area contributed by atoms with Crippen LogP contribution >= 0.6 is 23.2 Å². The largest absolute Gasteiger partial charge is 0.352 e. The highest BCUT2D eigenvalue weighted by atomic mass is 35.5. The van der Waals surface area contributed by atoms with Crippen molar-refractivity contribution in [1.82, 2.24) is 10.2 Å². The summed E-state index contributed by atoms with van der Waals surface area (Å²) >= 11 is 12.3. The third kappa shape index (κ3) is 8.67. The Morgan fingerprint density at radius 2 is 1.56 bits per heavy atom. The first-order valence-electron chi connectivity index (χ1n) is 13.3. The van der Waals surface area contributed by atoms with Crippen LogP contribution in [0.2, 0.25) is 10.0 Å². The predicted octanol–water partition coefficient (Wildman–Crippen LogP) is 5.60. The summed E-state index contributed by atoms with van der Waals surface area (Å²) in [7, 11) is -3.96. The minimum Gasteiger partial charge on any atom is -0.352 e. The Balaban J connectivity index is 1.73. The molecule has 1 saturated carbocycles. The molecule has 0 aliphatic heterocycles. The molecule has 11 heteroatoms. The molecular formula is C30H32Cl2FN3O4S.